The van der Waals surface area contributed by atoms with Crippen LogP contribution in [0.3, 0.4) is 0 Å². The van der Waals surface area contributed by atoms with Crippen molar-refractivity contribution in [2.45, 2.75) is 89.8 Å². The molecule has 1 amide bonds. The molecule has 1 aromatic carbocycles. The lowest BCUT2D eigenvalue weighted by atomic mass is 10.0. The molecule has 1 aliphatic heterocycles. The standard InChI is InChI=1S/C24H36N4O3/c1-2-3-4-5-6-7-8-9-10-18-11-13-19(14-12-18)23-27-22(31-28-23)17-26-24(30)21-15-20(29)16-25-21/h11-14,20-21,25,29H,2-10,15-17H2,1H3,(H,26,30)/t20-,21+/m1/s1. The van der Waals surface area contributed by atoms with Gasteiger partial charge in [0.25, 0.3) is 0 Å². The molecular weight excluding hydrogens is 392 g/mol. The summed E-state index contributed by atoms with van der Waals surface area (Å²) in [5.74, 6) is 0.726. The average molecular weight is 429 g/mol. The normalized spacial score (nSPS) is 18.4. The lowest BCUT2D eigenvalue weighted by Crippen LogP contribution is -2.40. The minimum absolute atomic E-state index is 0.165. The van der Waals surface area contributed by atoms with Gasteiger partial charge in [0, 0.05) is 12.1 Å². The second-order valence-electron chi connectivity index (χ2n) is 8.50. The van der Waals surface area contributed by atoms with E-state index in [1.165, 1.54) is 56.9 Å². The number of β-amino-alcohol motifs (C(OH)–C–C–N with tert-alkyl or cyclic N) is 1. The van der Waals surface area contributed by atoms with Crippen molar-refractivity contribution >= 4 is 5.91 Å². The molecule has 3 rings (SSSR count). The van der Waals surface area contributed by atoms with Gasteiger partial charge in [-0.2, -0.15) is 4.98 Å². The Labute approximate surface area is 185 Å². The van der Waals surface area contributed by atoms with Gasteiger partial charge in [0.15, 0.2) is 0 Å². The number of aromatic nitrogens is 2. The Morgan fingerprint density at radius 2 is 1.84 bits per heavy atom. The molecule has 31 heavy (non-hydrogen) atoms. The molecule has 0 spiro atoms. The average Bonchev–Trinajstić information content (AvgIpc) is 3.44. The fourth-order valence-electron chi connectivity index (χ4n) is 3.93. The smallest absolute Gasteiger partial charge is 0.246 e. The number of nitrogens with zero attached hydrogens (tertiary/aromatic N) is 2. The molecule has 2 heterocycles. The minimum Gasteiger partial charge on any atom is -0.392 e. The fraction of sp³-hybridized carbons (Fsp3) is 0.625. The van der Waals surface area contributed by atoms with Gasteiger partial charge < -0.3 is 20.3 Å². The van der Waals surface area contributed by atoms with Crippen molar-refractivity contribution in [3.05, 3.63) is 35.7 Å². The van der Waals surface area contributed by atoms with Crippen molar-refractivity contribution in [3.8, 4) is 11.4 Å². The van der Waals surface area contributed by atoms with E-state index in [1.54, 1.807) is 0 Å². The number of aliphatic hydroxyl groups excluding tert-OH is 1. The van der Waals surface area contributed by atoms with Crippen molar-refractivity contribution in [2.24, 2.45) is 0 Å². The number of rotatable bonds is 13. The monoisotopic (exact) mass is 428 g/mol. The molecule has 1 aliphatic rings. The molecule has 170 valence electrons. The number of aliphatic hydroxyl groups is 1. The van der Waals surface area contributed by atoms with Crippen molar-refractivity contribution < 1.29 is 14.4 Å². The molecular formula is C24H36N4O3. The van der Waals surface area contributed by atoms with Gasteiger partial charge >= 0.3 is 0 Å². The highest BCUT2D eigenvalue weighted by Gasteiger charge is 2.28. The summed E-state index contributed by atoms with van der Waals surface area (Å²) in [6.45, 7) is 2.87. The predicted molar refractivity (Wildman–Crippen MR) is 120 cm³/mol. The Hall–Kier alpha value is -2.25. The Bertz CT molecular complexity index is 790. The van der Waals surface area contributed by atoms with Crippen LogP contribution in [0.15, 0.2) is 28.8 Å². The van der Waals surface area contributed by atoms with Crippen LogP contribution >= 0.6 is 0 Å². The largest absolute Gasteiger partial charge is 0.392 e. The van der Waals surface area contributed by atoms with E-state index in [1.807, 2.05) is 12.1 Å². The summed E-state index contributed by atoms with van der Waals surface area (Å²) in [7, 11) is 0. The zero-order valence-electron chi connectivity index (χ0n) is 18.6. The third-order valence-corrected chi connectivity index (χ3v) is 5.84. The van der Waals surface area contributed by atoms with Crippen molar-refractivity contribution in [3.63, 3.8) is 0 Å². The fourth-order valence-corrected chi connectivity index (χ4v) is 3.93. The maximum absolute atomic E-state index is 12.1. The van der Waals surface area contributed by atoms with E-state index in [0.717, 1.165) is 12.0 Å². The maximum atomic E-state index is 12.1. The number of hydrogen-bond donors (Lipinski definition) is 3. The first-order valence-corrected chi connectivity index (χ1v) is 11.8. The molecule has 7 nitrogen and oxygen atoms in total. The molecule has 2 aromatic rings. The van der Waals surface area contributed by atoms with Gasteiger partial charge in [-0.05, 0) is 24.8 Å². The minimum atomic E-state index is -0.468. The highest BCUT2D eigenvalue weighted by Crippen LogP contribution is 2.18. The molecule has 0 bridgehead atoms. The molecule has 7 heteroatoms. The van der Waals surface area contributed by atoms with Crippen LogP contribution in [0.1, 0.15) is 76.2 Å². The van der Waals surface area contributed by atoms with E-state index in [4.69, 9.17) is 4.52 Å². The first-order chi connectivity index (χ1) is 15.2. The Balaban J connectivity index is 1.37. The summed E-state index contributed by atoms with van der Waals surface area (Å²) in [5, 5.41) is 19.3. The molecule has 0 aliphatic carbocycles. The maximum Gasteiger partial charge on any atom is 0.246 e. The summed E-state index contributed by atoms with van der Waals surface area (Å²) in [4.78, 5) is 16.5. The Morgan fingerprint density at radius 3 is 2.52 bits per heavy atom. The number of nitrogens with one attached hydrogen (secondary N) is 2. The van der Waals surface area contributed by atoms with Crippen LogP contribution in [0.25, 0.3) is 11.4 Å². The number of hydrogen-bond acceptors (Lipinski definition) is 6. The van der Waals surface area contributed by atoms with Crippen LogP contribution in [0.5, 0.6) is 0 Å². The second-order valence-corrected chi connectivity index (χ2v) is 8.50. The molecule has 0 saturated carbocycles. The van der Waals surface area contributed by atoms with Crippen molar-refractivity contribution in [1.82, 2.24) is 20.8 Å². The molecule has 3 N–H and O–H groups in total. The van der Waals surface area contributed by atoms with Gasteiger partial charge in [-0.25, -0.2) is 0 Å². The first-order valence-electron chi connectivity index (χ1n) is 11.8. The van der Waals surface area contributed by atoms with Gasteiger partial charge in [-0.1, -0.05) is 81.3 Å². The summed E-state index contributed by atoms with van der Waals surface area (Å²) in [6, 6.07) is 7.94. The Kier molecular flexibility index (Phi) is 9.49. The van der Waals surface area contributed by atoms with Crippen LogP contribution in [0, 0.1) is 0 Å². The summed E-state index contributed by atoms with van der Waals surface area (Å²) in [6.07, 6.45) is 11.7. The van der Waals surface area contributed by atoms with E-state index in [-0.39, 0.29) is 18.5 Å². The van der Waals surface area contributed by atoms with Crippen LogP contribution < -0.4 is 10.6 Å². The lowest BCUT2D eigenvalue weighted by Gasteiger charge is -2.08. The van der Waals surface area contributed by atoms with Crippen LogP contribution in [-0.2, 0) is 17.8 Å². The van der Waals surface area contributed by atoms with Crippen molar-refractivity contribution in [1.29, 1.82) is 0 Å². The highest BCUT2D eigenvalue weighted by molar-refractivity contribution is 5.82. The summed E-state index contributed by atoms with van der Waals surface area (Å²) >= 11 is 0. The molecule has 1 aromatic heterocycles. The second kappa shape index (κ2) is 12.6. The van der Waals surface area contributed by atoms with E-state index in [2.05, 4.69) is 39.8 Å². The van der Waals surface area contributed by atoms with E-state index >= 15 is 0 Å². The van der Waals surface area contributed by atoms with Gasteiger partial charge in [0.05, 0.1) is 18.7 Å². The van der Waals surface area contributed by atoms with E-state index in [9.17, 15) is 9.90 Å². The highest BCUT2D eigenvalue weighted by atomic mass is 16.5. The van der Waals surface area contributed by atoms with Crippen LogP contribution in [0.2, 0.25) is 0 Å². The van der Waals surface area contributed by atoms with Gasteiger partial charge in [-0.3, -0.25) is 4.79 Å². The number of aryl methyl sites for hydroxylation is 1. The Morgan fingerprint density at radius 1 is 1.13 bits per heavy atom. The first kappa shape index (κ1) is 23.4. The SMILES string of the molecule is CCCCCCCCCCc1ccc(-c2noc(CNC(=O)[C@@H]3C[C@@H](O)CN3)n2)cc1. The van der Waals surface area contributed by atoms with Crippen LogP contribution in [0.4, 0.5) is 0 Å². The van der Waals surface area contributed by atoms with Gasteiger partial charge in [0.2, 0.25) is 17.6 Å². The number of amides is 1. The zero-order valence-corrected chi connectivity index (χ0v) is 18.6. The van der Waals surface area contributed by atoms with E-state index < -0.39 is 6.10 Å². The number of unbranched alkanes of at least 4 members (excludes halogenated alkanes) is 7. The van der Waals surface area contributed by atoms with Gasteiger partial charge in [0.1, 0.15) is 0 Å². The number of carbonyl (C=O) groups is 1. The number of benzene rings is 1. The third kappa shape index (κ3) is 7.74. The van der Waals surface area contributed by atoms with Gasteiger partial charge in [-0.15, -0.1) is 0 Å². The third-order valence-electron chi connectivity index (χ3n) is 5.84. The lowest BCUT2D eigenvalue weighted by molar-refractivity contribution is -0.123. The summed E-state index contributed by atoms with van der Waals surface area (Å²) < 4.78 is 5.26. The predicted octanol–water partition coefficient (Wildman–Crippen LogP) is 3.76. The summed E-state index contributed by atoms with van der Waals surface area (Å²) in [5.41, 5.74) is 2.23. The molecule has 0 radical (unpaired) electrons. The molecule has 1 fully saturated rings. The van der Waals surface area contributed by atoms with E-state index in [0.29, 0.717) is 24.7 Å². The molecule has 1 saturated heterocycles. The molecule has 0 unspecified atom stereocenters. The number of carbonyl (C=O) groups excluding carboxylic acids is 1. The van der Waals surface area contributed by atoms with Crippen molar-refractivity contribution in [2.75, 3.05) is 6.54 Å². The molecule has 2 atom stereocenters. The quantitative estimate of drug-likeness (QED) is 0.420. The topological polar surface area (TPSA) is 100 Å². The van der Waals surface area contributed by atoms with Crippen LogP contribution in [-0.4, -0.2) is 39.8 Å². The zero-order chi connectivity index (χ0) is 21.9.